The molecule has 254 valence electrons. The summed E-state index contributed by atoms with van der Waals surface area (Å²) in [4.78, 5) is 10.0. The highest BCUT2D eigenvalue weighted by Gasteiger charge is 2.22. The molecule has 4 heteroatoms. The molecule has 0 amide bonds. The zero-order chi connectivity index (χ0) is 42.0. The molecule has 4 nitrogen and oxygen atoms in total. The van der Waals surface area contributed by atoms with Gasteiger partial charge >= 0.3 is 0 Å². The van der Waals surface area contributed by atoms with Crippen molar-refractivity contribution in [2.75, 3.05) is 0 Å². The number of nitrogens with zero attached hydrogens (tertiary/aromatic N) is 3. The Morgan fingerprint density at radius 1 is 0.635 bits per heavy atom. The van der Waals surface area contributed by atoms with Crippen molar-refractivity contribution in [3.63, 3.8) is 0 Å². The van der Waals surface area contributed by atoms with Gasteiger partial charge in [-0.05, 0) is 113 Å². The molecule has 0 aliphatic heterocycles. The van der Waals surface area contributed by atoms with Crippen molar-refractivity contribution in [2.24, 2.45) is 0 Å². The zero-order valence-electron chi connectivity index (χ0n) is 36.4. The number of aromatic hydroxyl groups is 1. The number of hydrogen-bond acceptors (Lipinski definition) is 3. The molecular weight excluding hydrogens is 635 g/mol. The van der Waals surface area contributed by atoms with Crippen molar-refractivity contribution in [3.05, 3.63) is 168 Å². The number of pyridine rings is 1. The van der Waals surface area contributed by atoms with Crippen molar-refractivity contribution < 1.29 is 14.7 Å². The molecule has 52 heavy (non-hydrogen) atoms. The number of fused-ring (bicyclic) bond motifs is 1. The molecule has 0 aliphatic rings. The molecule has 8 rings (SSSR count). The van der Waals surface area contributed by atoms with Gasteiger partial charge in [0.1, 0.15) is 11.6 Å². The first kappa shape index (κ1) is 25.7. The highest BCUT2D eigenvalue weighted by atomic mass is 16.3. The van der Waals surface area contributed by atoms with Crippen LogP contribution in [0, 0.1) is 13.8 Å². The Bertz CT molecular complexity index is 2900. The van der Waals surface area contributed by atoms with Crippen LogP contribution < -0.4 is 0 Å². The van der Waals surface area contributed by atoms with E-state index in [-0.39, 0.29) is 16.7 Å². The van der Waals surface area contributed by atoms with E-state index in [0.717, 1.165) is 55.7 Å². The van der Waals surface area contributed by atoms with E-state index < -0.39 is 36.6 Å². The van der Waals surface area contributed by atoms with E-state index in [1.807, 2.05) is 54.6 Å². The normalized spacial score (nSPS) is 13.8. The number of hydrogen-bond donors (Lipinski definition) is 1. The van der Waals surface area contributed by atoms with Crippen molar-refractivity contribution in [1.82, 2.24) is 14.5 Å². The van der Waals surface area contributed by atoms with Gasteiger partial charge in [-0.25, -0.2) is 4.98 Å². The van der Waals surface area contributed by atoms with Crippen molar-refractivity contribution in [1.29, 1.82) is 0 Å². The topological polar surface area (TPSA) is 50.9 Å². The van der Waals surface area contributed by atoms with Crippen molar-refractivity contribution in [3.8, 4) is 67.5 Å². The van der Waals surface area contributed by atoms with E-state index in [1.165, 1.54) is 0 Å². The summed E-state index contributed by atoms with van der Waals surface area (Å²) in [5.74, 6) is 0.695. The Kier molecular flexibility index (Phi) is 6.48. The van der Waals surface area contributed by atoms with Crippen LogP contribution in [0.1, 0.15) is 47.1 Å². The summed E-state index contributed by atoms with van der Waals surface area (Å²) >= 11 is 0. The number of imidazole rings is 1. The molecule has 0 spiro atoms. The van der Waals surface area contributed by atoms with E-state index in [0.29, 0.717) is 22.6 Å². The van der Waals surface area contributed by atoms with E-state index in [1.54, 1.807) is 30.5 Å². The van der Waals surface area contributed by atoms with Gasteiger partial charge in [-0.3, -0.25) is 9.55 Å². The maximum Gasteiger partial charge on any atom is 0.149 e. The van der Waals surface area contributed by atoms with Gasteiger partial charge in [-0.1, -0.05) is 117 Å². The summed E-state index contributed by atoms with van der Waals surface area (Å²) in [6.45, 7) is 5.65. The van der Waals surface area contributed by atoms with Gasteiger partial charge in [-0.15, -0.1) is 0 Å². The lowest BCUT2D eigenvalue weighted by molar-refractivity contribution is 0.477. The molecule has 0 saturated heterocycles. The van der Waals surface area contributed by atoms with Gasteiger partial charge in [0.25, 0.3) is 0 Å². The fourth-order valence-electron chi connectivity index (χ4n) is 6.69. The maximum absolute atomic E-state index is 11.2. The molecule has 6 aromatic carbocycles. The smallest absolute Gasteiger partial charge is 0.149 e. The minimum Gasteiger partial charge on any atom is -0.507 e. The minimum atomic E-state index is -2.81. The molecule has 0 bridgehead atoms. The highest BCUT2D eigenvalue weighted by molar-refractivity contribution is 5.97. The number of phenols is 1. The van der Waals surface area contributed by atoms with Crippen molar-refractivity contribution in [2.45, 2.75) is 40.0 Å². The second-order valence-electron chi connectivity index (χ2n) is 14.1. The molecule has 0 atom stereocenters. The van der Waals surface area contributed by atoms with Crippen LogP contribution in [0.4, 0.5) is 0 Å². The van der Waals surface area contributed by atoms with Crippen molar-refractivity contribution >= 4 is 11.0 Å². The largest absolute Gasteiger partial charge is 0.507 e. The number of benzene rings is 6. The van der Waals surface area contributed by atoms with E-state index >= 15 is 0 Å². The average Bonchev–Trinajstić information content (AvgIpc) is 3.59. The monoisotopic (exact) mass is 682 g/mol. The van der Waals surface area contributed by atoms with Gasteiger partial charge in [0.05, 0.1) is 27.8 Å². The summed E-state index contributed by atoms with van der Waals surface area (Å²) < 4.78 is 60.1. The molecule has 1 N–H and O–H groups in total. The average molecular weight is 683 g/mol. The van der Waals surface area contributed by atoms with Crippen LogP contribution in [0.2, 0.25) is 0 Å². The minimum absolute atomic E-state index is 0.00224. The fourth-order valence-corrected chi connectivity index (χ4v) is 6.69. The van der Waals surface area contributed by atoms with Gasteiger partial charge in [0, 0.05) is 27.1 Å². The van der Waals surface area contributed by atoms with E-state index in [9.17, 15) is 5.11 Å². The lowest BCUT2D eigenvalue weighted by Crippen LogP contribution is -2.11. The van der Waals surface area contributed by atoms with Gasteiger partial charge in [0.2, 0.25) is 0 Å². The SMILES string of the molecule is [2H]c1c([2H])c(C([2H])([2H])[2H])c([2H])c([2H])c1-c1ccnc(-c2cc(-c3cccc4c3nc(-c3ccccc3O)n4-c3cc(C)cc(-c4ccccc4)c3)cc(C(C)(C)C)c2)c1. The molecule has 2 aromatic heterocycles. The number of rotatable bonds is 6. The van der Waals surface area contributed by atoms with Crippen LogP contribution in [0.15, 0.2) is 152 Å². The zero-order valence-corrected chi connectivity index (χ0v) is 29.4. The van der Waals surface area contributed by atoms with Crippen LogP contribution in [0.25, 0.3) is 72.7 Å². The summed E-state index contributed by atoms with van der Waals surface area (Å²) in [5, 5.41) is 11.2. The molecule has 0 saturated carbocycles. The van der Waals surface area contributed by atoms with Gasteiger partial charge < -0.3 is 5.11 Å². The van der Waals surface area contributed by atoms with Crippen LogP contribution in [0.5, 0.6) is 5.75 Å². The Hall–Kier alpha value is -6.26. The van der Waals surface area contributed by atoms with E-state index in [2.05, 4.69) is 74.7 Å². The van der Waals surface area contributed by atoms with Crippen LogP contribution in [-0.4, -0.2) is 19.6 Å². The maximum atomic E-state index is 11.2. The second kappa shape index (κ2) is 13.1. The first-order chi connectivity index (χ1) is 28.0. The molecule has 2 heterocycles. The first-order valence-corrected chi connectivity index (χ1v) is 17.2. The first-order valence-electron chi connectivity index (χ1n) is 20.7. The summed E-state index contributed by atoms with van der Waals surface area (Å²) in [6, 6.07) is 37.5. The second-order valence-corrected chi connectivity index (χ2v) is 14.1. The van der Waals surface area contributed by atoms with Gasteiger partial charge in [0.15, 0.2) is 0 Å². The lowest BCUT2D eigenvalue weighted by Gasteiger charge is -2.22. The Morgan fingerprint density at radius 2 is 1.38 bits per heavy atom. The van der Waals surface area contributed by atoms with Crippen LogP contribution in [0.3, 0.4) is 0 Å². The predicted octanol–water partition coefficient (Wildman–Crippen LogP) is 12.4. The Labute approximate surface area is 315 Å². The lowest BCUT2D eigenvalue weighted by atomic mass is 9.83. The predicted molar refractivity (Wildman–Crippen MR) is 216 cm³/mol. The standard InChI is InChI=1S/C48H41N3O/c1-31-18-20-34(21-19-31)35-22-23-49-43(30-35)38-26-37(27-39(28-38)48(3,4)5)41-15-11-16-44-46(41)50-47(42-14-9-10-17-45(42)52)51(44)40-25-32(2)24-36(29-40)33-12-7-6-8-13-33/h6-30,52H,1-5H3/i1D3,18D,19D,20D,21D. The highest BCUT2D eigenvalue weighted by Crippen LogP contribution is 2.40. The third-order valence-corrected chi connectivity index (χ3v) is 9.34. The summed E-state index contributed by atoms with van der Waals surface area (Å²) in [5.41, 5.74) is 9.80. The molecule has 0 radical (unpaired) electrons. The molecule has 0 fully saturated rings. The number of aryl methyl sites for hydroxylation is 1. The fraction of sp³-hybridized carbons (Fsp3) is 0.125. The third-order valence-electron chi connectivity index (χ3n) is 9.34. The van der Waals surface area contributed by atoms with Crippen LogP contribution in [-0.2, 0) is 5.41 Å². The number of para-hydroxylation sites is 2. The molecule has 8 aromatic rings. The summed E-state index contributed by atoms with van der Waals surface area (Å²) in [6.07, 6.45) is 1.56. The molecule has 0 unspecified atom stereocenters. The molecule has 0 aliphatic carbocycles. The van der Waals surface area contributed by atoms with Gasteiger partial charge in [-0.2, -0.15) is 0 Å². The molecular formula is C48H41N3O. The third kappa shape index (κ3) is 6.29. The van der Waals surface area contributed by atoms with E-state index in [4.69, 9.17) is 19.6 Å². The number of phenolic OH excluding ortho intramolecular Hbond substituents is 1. The number of aromatic nitrogens is 3. The summed E-state index contributed by atoms with van der Waals surface area (Å²) in [7, 11) is 0. The Balaban J connectivity index is 1.34. The quantitative estimate of drug-likeness (QED) is 0.190. The van der Waals surface area contributed by atoms with Crippen LogP contribution >= 0.6 is 0 Å². The Morgan fingerprint density at radius 3 is 2.15 bits per heavy atom.